The summed E-state index contributed by atoms with van der Waals surface area (Å²) in [5, 5.41) is 5.52. The highest BCUT2D eigenvalue weighted by molar-refractivity contribution is 5.84. The quantitative estimate of drug-likeness (QED) is 0.790. The van der Waals surface area contributed by atoms with Gasteiger partial charge in [-0.2, -0.15) is 0 Å². The molecule has 142 valence electrons. The molecule has 0 unspecified atom stereocenters. The zero-order valence-electron chi connectivity index (χ0n) is 16.0. The minimum Gasteiger partial charge on any atom is -0.444 e. The van der Waals surface area contributed by atoms with Crippen molar-refractivity contribution < 1.29 is 14.3 Å². The van der Waals surface area contributed by atoms with E-state index in [1.165, 1.54) is 22.3 Å². The molecule has 5 nitrogen and oxygen atoms in total. The van der Waals surface area contributed by atoms with Gasteiger partial charge in [0.15, 0.2) is 0 Å². The second kappa shape index (κ2) is 7.82. The average molecular weight is 366 g/mol. The summed E-state index contributed by atoms with van der Waals surface area (Å²) < 4.78 is 5.17. The molecule has 5 heteroatoms. The normalized spacial score (nSPS) is 12.9. The number of amides is 2. The summed E-state index contributed by atoms with van der Waals surface area (Å²) in [4.78, 5) is 24.0. The Bertz CT molecular complexity index is 794. The maximum Gasteiger partial charge on any atom is 0.407 e. The Hall–Kier alpha value is -2.82. The van der Waals surface area contributed by atoms with E-state index in [4.69, 9.17) is 4.74 Å². The van der Waals surface area contributed by atoms with Gasteiger partial charge < -0.3 is 15.4 Å². The van der Waals surface area contributed by atoms with E-state index in [2.05, 4.69) is 34.9 Å². The maximum atomic E-state index is 12.4. The SMILES string of the molecule is CC(C)(C)OC(=O)NCCNC(=O)CC1c2ccccc2-c2ccccc21. The van der Waals surface area contributed by atoms with E-state index < -0.39 is 11.7 Å². The van der Waals surface area contributed by atoms with Gasteiger partial charge >= 0.3 is 6.09 Å². The number of ether oxygens (including phenoxy) is 1. The average Bonchev–Trinajstić information content (AvgIpc) is 2.92. The zero-order chi connectivity index (χ0) is 19.4. The summed E-state index contributed by atoms with van der Waals surface area (Å²) in [6.07, 6.45) is -0.0871. The molecular formula is C22H26N2O3. The van der Waals surface area contributed by atoms with E-state index in [0.29, 0.717) is 19.5 Å². The van der Waals surface area contributed by atoms with Crippen LogP contribution in [0, 0.1) is 0 Å². The number of benzene rings is 2. The summed E-state index contributed by atoms with van der Waals surface area (Å²) >= 11 is 0. The fourth-order valence-electron chi connectivity index (χ4n) is 3.42. The van der Waals surface area contributed by atoms with Crippen molar-refractivity contribution >= 4 is 12.0 Å². The summed E-state index contributed by atoms with van der Waals surface area (Å²) in [6.45, 7) is 6.13. The molecule has 3 rings (SSSR count). The van der Waals surface area contributed by atoms with Crippen molar-refractivity contribution in [2.24, 2.45) is 0 Å². The molecule has 0 atom stereocenters. The fourth-order valence-corrected chi connectivity index (χ4v) is 3.42. The molecule has 2 aromatic carbocycles. The lowest BCUT2D eigenvalue weighted by Gasteiger charge is -2.19. The first-order chi connectivity index (χ1) is 12.8. The Labute approximate surface area is 160 Å². The van der Waals surface area contributed by atoms with Crippen LogP contribution in [0.2, 0.25) is 0 Å². The van der Waals surface area contributed by atoms with Gasteiger partial charge in [-0.1, -0.05) is 48.5 Å². The summed E-state index contributed by atoms with van der Waals surface area (Å²) in [5.41, 5.74) is 4.27. The van der Waals surface area contributed by atoms with Crippen LogP contribution in [0.15, 0.2) is 48.5 Å². The number of nitrogens with one attached hydrogen (secondary N) is 2. The van der Waals surface area contributed by atoms with Gasteiger partial charge in [-0.3, -0.25) is 4.79 Å². The number of carbonyl (C=O) groups is 2. The van der Waals surface area contributed by atoms with Gasteiger partial charge in [0, 0.05) is 25.4 Å². The van der Waals surface area contributed by atoms with Crippen LogP contribution in [0.4, 0.5) is 4.79 Å². The fraction of sp³-hybridized carbons (Fsp3) is 0.364. The summed E-state index contributed by atoms with van der Waals surface area (Å²) in [5.74, 6) is 0.0358. The van der Waals surface area contributed by atoms with Crippen molar-refractivity contribution in [3.63, 3.8) is 0 Å². The highest BCUT2D eigenvalue weighted by Gasteiger charge is 2.29. The molecule has 2 aromatic rings. The van der Waals surface area contributed by atoms with Gasteiger partial charge in [-0.25, -0.2) is 4.79 Å². The van der Waals surface area contributed by atoms with Crippen LogP contribution in [0.1, 0.15) is 44.2 Å². The highest BCUT2D eigenvalue weighted by atomic mass is 16.6. The van der Waals surface area contributed by atoms with Gasteiger partial charge in [-0.15, -0.1) is 0 Å². The Balaban J connectivity index is 1.54. The van der Waals surface area contributed by atoms with Crippen LogP contribution in [-0.4, -0.2) is 30.7 Å². The molecule has 0 bridgehead atoms. The highest BCUT2D eigenvalue weighted by Crippen LogP contribution is 2.45. The van der Waals surface area contributed by atoms with Crippen molar-refractivity contribution in [2.75, 3.05) is 13.1 Å². The van der Waals surface area contributed by atoms with E-state index in [0.717, 1.165) is 0 Å². The third-order valence-corrected chi connectivity index (χ3v) is 4.47. The third kappa shape index (κ3) is 4.67. The van der Waals surface area contributed by atoms with Gasteiger partial charge in [0.25, 0.3) is 0 Å². The van der Waals surface area contributed by atoms with Crippen LogP contribution >= 0.6 is 0 Å². The Morgan fingerprint density at radius 1 is 0.889 bits per heavy atom. The molecule has 0 saturated carbocycles. The predicted molar refractivity (Wildman–Crippen MR) is 106 cm³/mol. The molecular weight excluding hydrogens is 340 g/mol. The first-order valence-electron chi connectivity index (χ1n) is 9.27. The van der Waals surface area contributed by atoms with E-state index >= 15 is 0 Å². The number of rotatable bonds is 5. The van der Waals surface area contributed by atoms with E-state index in [1.807, 2.05) is 45.0 Å². The lowest BCUT2D eigenvalue weighted by molar-refractivity contribution is -0.121. The predicted octanol–water partition coefficient (Wildman–Crippen LogP) is 3.83. The van der Waals surface area contributed by atoms with Crippen LogP contribution in [0.3, 0.4) is 0 Å². The minimum atomic E-state index is -0.531. The molecule has 0 fully saturated rings. The topological polar surface area (TPSA) is 67.4 Å². The van der Waals surface area contributed by atoms with Gasteiger partial charge in [0.1, 0.15) is 5.60 Å². The lowest BCUT2D eigenvalue weighted by atomic mass is 9.93. The molecule has 0 aliphatic heterocycles. The molecule has 0 aromatic heterocycles. The van der Waals surface area contributed by atoms with E-state index in [1.54, 1.807) is 0 Å². The first kappa shape index (κ1) is 19.0. The number of fused-ring (bicyclic) bond motifs is 3. The van der Waals surface area contributed by atoms with Crippen LogP contribution in [0.5, 0.6) is 0 Å². The number of hydrogen-bond acceptors (Lipinski definition) is 3. The van der Waals surface area contributed by atoms with E-state index in [9.17, 15) is 9.59 Å². The maximum absolute atomic E-state index is 12.4. The van der Waals surface area contributed by atoms with Crippen molar-refractivity contribution in [2.45, 2.75) is 38.7 Å². The second-order valence-corrected chi connectivity index (χ2v) is 7.71. The minimum absolute atomic E-state index is 0.0301. The Kier molecular flexibility index (Phi) is 5.49. The van der Waals surface area contributed by atoms with Crippen LogP contribution < -0.4 is 10.6 Å². The first-order valence-corrected chi connectivity index (χ1v) is 9.27. The Morgan fingerprint density at radius 3 is 1.96 bits per heavy atom. The largest absolute Gasteiger partial charge is 0.444 e. The third-order valence-electron chi connectivity index (χ3n) is 4.47. The number of carbonyl (C=O) groups excluding carboxylic acids is 2. The summed E-state index contributed by atoms with van der Waals surface area (Å²) in [6, 6.07) is 16.5. The van der Waals surface area contributed by atoms with Crippen molar-refractivity contribution in [3.05, 3.63) is 59.7 Å². The molecule has 2 N–H and O–H groups in total. The smallest absolute Gasteiger partial charge is 0.407 e. The molecule has 1 aliphatic carbocycles. The molecule has 2 amide bonds. The lowest BCUT2D eigenvalue weighted by Crippen LogP contribution is -2.38. The van der Waals surface area contributed by atoms with Gasteiger partial charge in [-0.05, 0) is 43.0 Å². The molecule has 0 saturated heterocycles. The number of alkyl carbamates (subject to hydrolysis) is 1. The molecule has 0 radical (unpaired) electrons. The van der Waals surface area contributed by atoms with Gasteiger partial charge in [0.05, 0.1) is 0 Å². The summed E-state index contributed by atoms with van der Waals surface area (Å²) in [7, 11) is 0. The van der Waals surface area contributed by atoms with Crippen molar-refractivity contribution in [3.8, 4) is 11.1 Å². The van der Waals surface area contributed by atoms with Crippen molar-refractivity contribution in [1.82, 2.24) is 10.6 Å². The zero-order valence-corrected chi connectivity index (χ0v) is 16.0. The number of hydrogen-bond donors (Lipinski definition) is 2. The van der Waals surface area contributed by atoms with E-state index in [-0.39, 0.29) is 11.8 Å². The molecule has 0 spiro atoms. The van der Waals surface area contributed by atoms with Crippen molar-refractivity contribution in [1.29, 1.82) is 0 Å². The van der Waals surface area contributed by atoms with Crippen LogP contribution in [0.25, 0.3) is 11.1 Å². The molecule has 27 heavy (non-hydrogen) atoms. The van der Waals surface area contributed by atoms with Gasteiger partial charge in [0.2, 0.25) is 5.91 Å². The second-order valence-electron chi connectivity index (χ2n) is 7.71. The monoisotopic (exact) mass is 366 g/mol. The molecule has 0 heterocycles. The standard InChI is InChI=1S/C22H26N2O3/c1-22(2,3)27-21(26)24-13-12-23-20(25)14-19-17-10-6-4-8-15(17)16-9-5-7-11-18(16)19/h4-11,19H,12-14H2,1-3H3,(H,23,25)(H,24,26). The molecule has 1 aliphatic rings. The van der Waals surface area contributed by atoms with Crippen LogP contribution in [-0.2, 0) is 9.53 Å². The Morgan fingerprint density at radius 2 is 1.41 bits per heavy atom.